The first-order valence-corrected chi connectivity index (χ1v) is 14.0. The third-order valence-electron chi connectivity index (χ3n) is 8.10. The molecule has 2 aliphatic rings. The number of nitrogens with two attached hydrogens (primary N) is 1. The van der Waals surface area contributed by atoms with Gasteiger partial charge in [0.2, 0.25) is 11.8 Å². The maximum absolute atomic E-state index is 13.2. The number of nitrogens with zero attached hydrogens (tertiary/aromatic N) is 7. The van der Waals surface area contributed by atoms with E-state index in [1.54, 1.807) is 22.0 Å². The molecule has 0 bridgehead atoms. The average molecular weight is 560 g/mol. The number of amides is 2. The minimum atomic E-state index is -0.460. The Bertz CT molecular complexity index is 1840. The van der Waals surface area contributed by atoms with Gasteiger partial charge in [0.15, 0.2) is 17.3 Å². The lowest BCUT2D eigenvalue weighted by Crippen LogP contribution is -2.46. The van der Waals surface area contributed by atoms with E-state index >= 15 is 0 Å². The van der Waals surface area contributed by atoms with Crippen LogP contribution < -0.4 is 11.1 Å². The van der Waals surface area contributed by atoms with E-state index in [1.165, 1.54) is 6.08 Å². The Hall–Kier alpha value is -5.32. The molecule has 1 saturated heterocycles. The highest BCUT2D eigenvalue weighted by Gasteiger charge is 2.35. The van der Waals surface area contributed by atoms with Crippen molar-refractivity contribution < 1.29 is 9.59 Å². The molecule has 3 N–H and O–H groups in total. The monoisotopic (exact) mass is 559 g/mol. The largest absolute Gasteiger partial charge is 0.383 e. The number of carbonyl (C=O) groups is 2. The van der Waals surface area contributed by atoms with E-state index in [-0.39, 0.29) is 17.9 Å². The van der Waals surface area contributed by atoms with Gasteiger partial charge in [-0.2, -0.15) is 5.10 Å². The molecule has 5 heterocycles. The van der Waals surface area contributed by atoms with Crippen LogP contribution in [0.3, 0.4) is 0 Å². The fourth-order valence-corrected chi connectivity index (χ4v) is 6.09. The van der Waals surface area contributed by atoms with Crippen LogP contribution >= 0.6 is 0 Å². The Balaban J connectivity index is 1.26. The van der Waals surface area contributed by atoms with Crippen LogP contribution in [0, 0.1) is 0 Å². The molecule has 7 rings (SSSR count). The number of anilines is 1. The predicted octanol–water partition coefficient (Wildman–Crippen LogP) is 3.53. The van der Waals surface area contributed by atoms with Gasteiger partial charge in [0.25, 0.3) is 0 Å². The standard InChI is InChI=1S/C31H29N9O2/c1-2-27(41)38-16-4-7-25(38)31(42)36-23-11-8-19-18-20(9-10-21(19)23)40-29(22-6-3-14-33-28(22)32)35-24-12-13-26(37-30(24)40)39-17-5-15-34-39/h2-3,5-6,9-10,12-15,17-18,23,25H,1,4,7-8,11,16H2,(H2,32,33)(H,36,42). The van der Waals surface area contributed by atoms with Gasteiger partial charge in [-0.25, -0.2) is 19.6 Å². The van der Waals surface area contributed by atoms with Gasteiger partial charge in [-0.15, -0.1) is 0 Å². The van der Waals surface area contributed by atoms with Crippen LogP contribution in [0.2, 0.25) is 0 Å². The SMILES string of the molecule is C=CC(=O)N1CCCC1C(=O)NC1CCc2cc(-n3c(-c4cccnc4N)nc4ccc(-n5cccn5)nc43)ccc21. The molecule has 4 aromatic heterocycles. The Labute approximate surface area is 241 Å². The molecule has 0 saturated carbocycles. The van der Waals surface area contributed by atoms with E-state index in [2.05, 4.69) is 34.1 Å². The summed E-state index contributed by atoms with van der Waals surface area (Å²) in [6.45, 7) is 4.16. The molecule has 2 amide bonds. The van der Waals surface area contributed by atoms with Crippen LogP contribution in [0.5, 0.6) is 0 Å². The number of imidazole rings is 1. The number of hydrogen-bond donors (Lipinski definition) is 2. The fourth-order valence-electron chi connectivity index (χ4n) is 6.09. The molecule has 1 aliphatic heterocycles. The van der Waals surface area contributed by atoms with E-state index < -0.39 is 6.04 Å². The first-order chi connectivity index (χ1) is 20.5. The minimum absolute atomic E-state index is 0.116. The molecule has 1 aromatic carbocycles. The van der Waals surface area contributed by atoms with Crippen molar-refractivity contribution in [2.24, 2.45) is 0 Å². The molecule has 11 heteroatoms. The van der Waals surface area contributed by atoms with Crippen LogP contribution in [-0.2, 0) is 16.0 Å². The van der Waals surface area contributed by atoms with Crippen molar-refractivity contribution in [3.8, 4) is 22.9 Å². The van der Waals surface area contributed by atoms with Crippen molar-refractivity contribution in [2.45, 2.75) is 37.8 Å². The second-order valence-electron chi connectivity index (χ2n) is 10.5. The summed E-state index contributed by atoms with van der Waals surface area (Å²) in [5.41, 5.74) is 11.5. The summed E-state index contributed by atoms with van der Waals surface area (Å²) in [7, 11) is 0. The first kappa shape index (κ1) is 25.6. The summed E-state index contributed by atoms with van der Waals surface area (Å²) in [6, 6.07) is 15.0. The maximum Gasteiger partial charge on any atom is 0.246 e. The number of carbonyl (C=O) groups excluding carboxylic acids is 2. The van der Waals surface area contributed by atoms with Crippen LogP contribution in [0.15, 0.2) is 79.8 Å². The number of likely N-dealkylation sites (tertiary alicyclic amines) is 1. The molecule has 5 aromatic rings. The third kappa shape index (κ3) is 4.30. The van der Waals surface area contributed by atoms with Gasteiger partial charge >= 0.3 is 0 Å². The lowest BCUT2D eigenvalue weighted by Gasteiger charge is -2.24. The number of nitrogens with one attached hydrogen (secondary N) is 1. The zero-order valence-corrected chi connectivity index (χ0v) is 22.8. The molecule has 2 atom stereocenters. The zero-order valence-electron chi connectivity index (χ0n) is 22.8. The van der Waals surface area contributed by atoms with Gasteiger partial charge in [-0.3, -0.25) is 14.2 Å². The minimum Gasteiger partial charge on any atom is -0.383 e. The molecule has 42 heavy (non-hydrogen) atoms. The molecule has 0 spiro atoms. The molecule has 0 radical (unpaired) electrons. The van der Waals surface area contributed by atoms with Crippen molar-refractivity contribution >= 4 is 28.8 Å². The second-order valence-corrected chi connectivity index (χ2v) is 10.5. The highest BCUT2D eigenvalue weighted by molar-refractivity contribution is 5.93. The molecular formula is C31H29N9O2. The van der Waals surface area contributed by atoms with Gasteiger partial charge in [0.05, 0.1) is 11.6 Å². The summed E-state index contributed by atoms with van der Waals surface area (Å²) >= 11 is 0. The summed E-state index contributed by atoms with van der Waals surface area (Å²) < 4.78 is 3.71. The van der Waals surface area contributed by atoms with Gasteiger partial charge in [-0.05, 0) is 85.4 Å². The quantitative estimate of drug-likeness (QED) is 0.304. The Morgan fingerprint density at radius 1 is 1.07 bits per heavy atom. The number of hydrogen-bond acceptors (Lipinski definition) is 7. The van der Waals surface area contributed by atoms with Crippen LogP contribution in [0.1, 0.15) is 36.4 Å². The number of pyridine rings is 2. The molecule has 2 unspecified atom stereocenters. The molecule has 11 nitrogen and oxygen atoms in total. The van der Waals surface area contributed by atoms with Gasteiger partial charge in [0.1, 0.15) is 17.4 Å². The third-order valence-corrected chi connectivity index (χ3v) is 8.10. The molecular weight excluding hydrogens is 530 g/mol. The lowest BCUT2D eigenvalue weighted by atomic mass is 10.1. The highest BCUT2D eigenvalue weighted by atomic mass is 16.2. The van der Waals surface area contributed by atoms with Gasteiger partial charge < -0.3 is 16.0 Å². The number of aromatic nitrogens is 6. The van der Waals surface area contributed by atoms with Crippen LogP contribution in [0.4, 0.5) is 5.82 Å². The van der Waals surface area contributed by atoms with Crippen molar-refractivity contribution in [1.29, 1.82) is 0 Å². The summed E-state index contributed by atoms with van der Waals surface area (Å²) in [5, 5.41) is 7.54. The second kappa shape index (κ2) is 10.3. The van der Waals surface area contributed by atoms with Crippen molar-refractivity contribution in [2.75, 3.05) is 12.3 Å². The van der Waals surface area contributed by atoms with Crippen molar-refractivity contribution in [3.05, 3.63) is 90.9 Å². The Morgan fingerprint density at radius 3 is 2.79 bits per heavy atom. The van der Waals surface area contributed by atoms with Crippen LogP contribution in [-0.4, -0.2) is 58.6 Å². The topological polar surface area (TPSA) is 137 Å². The lowest BCUT2D eigenvalue weighted by molar-refractivity contribution is -0.135. The van der Waals surface area contributed by atoms with E-state index in [0.29, 0.717) is 47.2 Å². The summed E-state index contributed by atoms with van der Waals surface area (Å²) in [4.78, 5) is 41.2. The smallest absolute Gasteiger partial charge is 0.246 e. The fraction of sp³-hybridized carbons (Fsp3) is 0.226. The van der Waals surface area contributed by atoms with Crippen LogP contribution in [0.25, 0.3) is 34.1 Å². The Kier molecular flexibility index (Phi) is 6.26. The zero-order chi connectivity index (χ0) is 28.8. The Morgan fingerprint density at radius 2 is 1.98 bits per heavy atom. The average Bonchev–Trinajstić information content (AvgIpc) is 3.82. The number of nitrogen functional groups attached to an aromatic ring is 1. The molecule has 1 fully saturated rings. The van der Waals surface area contributed by atoms with E-state index in [4.69, 9.17) is 15.7 Å². The number of aryl methyl sites for hydroxylation is 1. The molecule has 210 valence electrons. The van der Waals surface area contributed by atoms with Crippen molar-refractivity contribution in [3.63, 3.8) is 0 Å². The maximum atomic E-state index is 13.2. The normalized spacial score (nSPS) is 17.9. The van der Waals surface area contributed by atoms with Crippen molar-refractivity contribution in [1.82, 2.24) is 39.5 Å². The number of benzene rings is 1. The summed E-state index contributed by atoms with van der Waals surface area (Å²) in [5.74, 6) is 1.36. The van der Waals surface area contributed by atoms with E-state index in [1.807, 2.05) is 47.2 Å². The van der Waals surface area contributed by atoms with Gasteiger partial charge in [-0.1, -0.05) is 12.6 Å². The van der Waals surface area contributed by atoms with E-state index in [9.17, 15) is 9.59 Å². The van der Waals surface area contributed by atoms with E-state index in [0.717, 1.165) is 36.1 Å². The highest BCUT2D eigenvalue weighted by Crippen LogP contribution is 2.36. The first-order valence-electron chi connectivity index (χ1n) is 14.0. The number of fused-ring (bicyclic) bond motifs is 2. The number of rotatable bonds is 6. The predicted molar refractivity (Wildman–Crippen MR) is 158 cm³/mol. The molecule has 1 aliphatic carbocycles. The van der Waals surface area contributed by atoms with Gasteiger partial charge in [0, 0.05) is 30.8 Å². The summed E-state index contributed by atoms with van der Waals surface area (Å²) in [6.07, 6.45) is 9.53.